The summed E-state index contributed by atoms with van der Waals surface area (Å²) >= 11 is 0. The van der Waals surface area contributed by atoms with E-state index in [4.69, 9.17) is 0 Å². The van der Waals surface area contributed by atoms with Gasteiger partial charge in [-0.2, -0.15) is 0 Å². The maximum Gasteiger partial charge on any atom is 0.260 e. The van der Waals surface area contributed by atoms with Gasteiger partial charge in [0.2, 0.25) is 0 Å². The van der Waals surface area contributed by atoms with Gasteiger partial charge < -0.3 is 5.32 Å². The zero-order valence-electron chi connectivity index (χ0n) is 11.4. The Morgan fingerprint density at radius 3 is 2.63 bits per heavy atom. The molecule has 1 heterocycles. The molecule has 2 rings (SSSR count). The lowest BCUT2D eigenvalue weighted by molar-refractivity contribution is 0.213. The summed E-state index contributed by atoms with van der Waals surface area (Å²) in [6, 6.07) is 3.47. The first-order chi connectivity index (χ1) is 9.03. The Bertz CT molecular complexity index is 533. The number of aromatic nitrogens is 1. The minimum Gasteiger partial charge on any atom is -0.383 e. The van der Waals surface area contributed by atoms with Crippen LogP contribution in [-0.4, -0.2) is 25.5 Å². The molecule has 5 nitrogen and oxygen atoms in total. The van der Waals surface area contributed by atoms with E-state index in [9.17, 15) is 8.42 Å². The number of hydrogen-bond donors (Lipinski definition) is 2. The van der Waals surface area contributed by atoms with Gasteiger partial charge in [0.25, 0.3) is 10.0 Å². The SMILES string of the molecule is CCNc1cccnc1S(=O)(=O)NC1(CC)CCC1. The van der Waals surface area contributed by atoms with Gasteiger partial charge in [-0.1, -0.05) is 6.92 Å². The number of sulfonamides is 1. The summed E-state index contributed by atoms with van der Waals surface area (Å²) in [5, 5.41) is 3.13. The first-order valence-electron chi connectivity index (χ1n) is 6.76. The third-order valence-electron chi connectivity index (χ3n) is 3.73. The van der Waals surface area contributed by atoms with Crippen molar-refractivity contribution in [3.63, 3.8) is 0 Å². The lowest BCUT2D eigenvalue weighted by Crippen LogP contribution is -2.53. The van der Waals surface area contributed by atoms with Crippen molar-refractivity contribution in [2.45, 2.75) is 50.1 Å². The summed E-state index contributed by atoms with van der Waals surface area (Å²) in [5.74, 6) is 0. The maximum atomic E-state index is 12.5. The Morgan fingerprint density at radius 2 is 2.11 bits per heavy atom. The summed E-state index contributed by atoms with van der Waals surface area (Å²) in [4.78, 5) is 4.03. The van der Waals surface area contributed by atoms with Gasteiger partial charge in [-0.3, -0.25) is 0 Å². The lowest BCUT2D eigenvalue weighted by Gasteiger charge is -2.41. The van der Waals surface area contributed by atoms with Crippen molar-refractivity contribution in [3.05, 3.63) is 18.3 Å². The molecular weight excluding hydrogens is 262 g/mol. The topological polar surface area (TPSA) is 71.1 Å². The van der Waals surface area contributed by atoms with E-state index < -0.39 is 10.0 Å². The quantitative estimate of drug-likeness (QED) is 0.839. The summed E-state index contributed by atoms with van der Waals surface area (Å²) in [6.07, 6.45) is 5.22. The van der Waals surface area contributed by atoms with E-state index in [1.807, 2.05) is 13.8 Å². The zero-order valence-corrected chi connectivity index (χ0v) is 12.3. The Kier molecular flexibility index (Phi) is 4.10. The van der Waals surface area contributed by atoms with Crippen LogP contribution in [0, 0.1) is 0 Å². The fourth-order valence-corrected chi connectivity index (χ4v) is 4.04. The van der Waals surface area contributed by atoms with E-state index in [2.05, 4.69) is 15.0 Å². The second-order valence-electron chi connectivity index (χ2n) is 4.98. The second kappa shape index (κ2) is 5.46. The Labute approximate surface area is 114 Å². The first-order valence-corrected chi connectivity index (χ1v) is 8.24. The Morgan fingerprint density at radius 1 is 1.37 bits per heavy atom. The minimum absolute atomic E-state index is 0.0941. The van der Waals surface area contributed by atoms with E-state index in [1.165, 1.54) is 6.20 Å². The number of nitrogens with one attached hydrogen (secondary N) is 2. The lowest BCUT2D eigenvalue weighted by atomic mass is 9.76. The van der Waals surface area contributed by atoms with Crippen LogP contribution in [-0.2, 0) is 10.0 Å². The van der Waals surface area contributed by atoms with Crippen molar-refractivity contribution < 1.29 is 8.42 Å². The molecule has 0 bridgehead atoms. The average Bonchev–Trinajstić information content (AvgIpc) is 2.35. The molecule has 1 fully saturated rings. The Hall–Kier alpha value is -1.14. The van der Waals surface area contributed by atoms with Crippen molar-refractivity contribution >= 4 is 15.7 Å². The largest absolute Gasteiger partial charge is 0.383 e. The van der Waals surface area contributed by atoms with Crippen LogP contribution in [0.4, 0.5) is 5.69 Å². The van der Waals surface area contributed by atoms with Crippen molar-refractivity contribution in [3.8, 4) is 0 Å². The van der Waals surface area contributed by atoms with Gasteiger partial charge in [0.1, 0.15) is 0 Å². The highest BCUT2D eigenvalue weighted by Crippen LogP contribution is 2.36. The molecule has 1 aliphatic rings. The molecule has 0 saturated heterocycles. The highest BCUT2D eigenvalue weighted by atomic mass is 32.2. The van der Waals surface area contributed by atoms with Crippen molar-refractivity contribution in [1.82, 2.24) is 9.71 Å². The monoisotopic (exact) mass is 283 g/mol. The van der Waals surface area contributed by atoms with E-state index in [1.54, 1.807) is 12.1 Å². The van der Waals surface area contributed by atoms with Gasteiger partial charge in [0.15, 0.2) is 5.03 Å². The van der Waals surface area contributed by atoms with E-state index >= 15 is 0 Å². The number of hydrogen-bond acceptors (Lipinski definition) is 4. The molecule has 19 heavy (non-hydrogen) atoms. The molecule has 0 spiro atoms. The van der Waals surface area contributed by atoms with Gasteiger partial charge in [-0.25, -0.2) is 18.1 Å². The van der Waals surface area contributed by atoms with Crippen molar-refractivity contribution in [2.24, 2.45) is 0 Å². The van der Waals surface area contributed by atoms with Crippen LogP contribution in [0.5, 0.6) is 0 Å². The molecule has 106 valence electrons. The second-order valence-corrected chi connectivity index (χ2v) is 6.58. The van der Waals surface area contributed by atoms with Crippen LogP contribution in [0.15, 0.2) is 23.4 Å². The average molecular weight is 283 g/mol. The van der Waals surface area contributed by atoms with Gasteiger partial charge in [-0.05, 0) is 44.7 Å². The number of rotatable bonds is 6. The third kappa shape index (κ3) is 2.90. The number of nitrogens with zero attached hydrogens (tertiary/aromatic N) is 1. The highest BCUT2D eigenvalue weighted by Gasteiger charge is 2.39. The molecule has 0 atom stereocenters. The summed E-state index contributed by atoms with van der Waals surface area (Å²) < 4.78 is 27.8. The molecule has 2 N–H and O–H groups in total. The van der Waals surface area contributed by atoms with Gasteiger partial charge in [0.05, 0.1) is 5.69 Å². The minimum atomic E-state index is -3.57. The molecule has 1 aliphatic carbocycles. The van der Waals surface area contributed by atoms with E-state index in [-0.39, 0.29) is 10.6 Å². The zero-order chi connectivity index (χ0) is 13.9. The molecular formula is C13H21N3O2S. The smallest absolute Gasteiger partial charge is 0.260 e. The summed E-state index contributed by atoms with van der Waals surface area (Å²) in [7, 11) is -3.57. The van der Waals surface area contributed by atoms with Crippen LogP contribution >= 0.6 is 0 Å². The van der Waals surface area contributed by atoms with E-state index in [0.29, 0.717) is 12.2 Å². The fraction of sp³-hybridized carbons (Fsp3) is 0.615. The molecule has 1 aromatic heterocycles. The molecule has 1 saturated carbocycles. The van der Waals surface area contributed by atoms with E-state index in [0.717, 1.165) is 25.7 Å². The van der Waals surface area contributed by atoms with Crippen LogP contribution in [0.2, 0.25) is 0 Å². The molecule has 1 aromatic rings. The third-order valence-corrected chi connectivity index (χ3v) is 5.27. The van der Waals surface area contributed by atoms with Gasteiger partial charge >= 0.3 is 0 Å². The van der Waals surface area contributed by atoms with Crippen LogP contribution in [0.1, 0.15) is 39.5 Å². The predicted octanol–water partition coefficient (Wildman–Crippen LogP) is 2.12. The predicted molar refractivity (Wildman–Crippen MR) is 75.6 cm³/mol. The summed E-state index contributed by atoms with van der Waals surface area (Å²) in [5.41, 5.74) is 0.294. The molecule has 0 amide bonds. The van der Waals surface area contributed by atoms with Crippen LogP contribution < -0.4 is 10.0 Å². The fourth-order valence-electron chi connectivity index (χ4n) is 2.39. The molecule has 0 radical (unpaired) electrons. The number of anilines is 1. The normalized spacial score (nSPS) is 17.8. The van der Waals surface area contributed by atoms with Gasteiger partial charge in [0, 0.05) is 18.3 Å². The molecule has 6 heteroatoms. The summed E-state index contributed by atoms with van der Waals surface area (Å²) in [6.45, 7) is 4.61. The first kappa shape index (κ1) is 14.3. The number of pyridine rings is 1. The standard InChI is InChI=1S/C13H21N3O2S/c1-3-13(8-6-9-13)16-19(17,18)12-11(14-4-2)7-5-10-15-12/h5,7,10,14,16H,3-4,6,8-9H2,1-2H3. The van der Waals surface area contributed by atoms with Crippen molar-refractivity contribution in [1.29, 1.82) is 0 Å². The molecule has 0 aromatic carbocycles. The molecule has 0 unspecified atom stereocenters. The van der Waals surface area contributed by atoms with Crippen molar-refractivity contribution in [2.75, 3.05) is 11.9 Å². The maximum absolute atomic E-state index is 12.5. The highest BCUT2D eigenvalue weighted by molar-refractivity contribution is 7.89. The van der Waals surface area contributed by atoms with Crippen LogP contribution in [0.25, 0.3) is 0 Å². The Balaban J connectivity index is 2.29. The molecule has 0 aliphatic heterocycles. The van der Waals surface area contributed by atoms with Gasteiger partial charge in [-0.15, -0.1) is 0 Å². The van der Waals surface area contributed by atoms with Crippen LogP contribution in [0.3, 0.4) is 0 Å².